The molecule has 0 fully saturated rings. The average Bonchev–Trinajstić information content (AvgIpc) is 2.95. The number of nitrogens with zero attached hydrogens (tertiary/aromatic N) is 2. The number of aliphatic imine (C=N–C) groups is 1. The third-order valence-corrected chi connectivity index (χ3v) is 4.28. The predicted octanol–water partition coefficient (Wildman–Crippen LogP) is 3.97. The van der Waals surface area contributed by atoms with Gasteiger partial charge in [0.05, 0.1) is 6.54 Å². The Morgan fingerprint density at radius 3 is 2.87 bits per heavy atom. The molecule has 0 atom stereocenters. The second-order valence-corrected chi connectivity index (χ2v) is 6.53. The first kappa shape index (κ1) is 17.7. The predicted molar refractivity (Wildman–Crippen MR) is 101 cm³/mol. The van der Waals surface area contributed by atoms with E-state index < -0.39 is 0 Å². The van der Waals surface area contributed by atoms with Crippen LogP contribution in [0.15, 0.2) is 39.7 Å². The summed E-state index contributed by atoms with van der Waals surface area (Å²) in [6.45, 7) is 4.55. The van der Waals surface area contributed by atoms with Crippen LogP contribution in [0.4, 0.5) is 0 Å². The Kier molecular flexibility index (Phi) is 7.33. The van der Waals surface area contributed by atoms with Crippen molar-refractivity contribution in [2.24, 2.45) is 4.99 Å². The Hall–Kier alpha value is -1.62. The van der Waals surface area contributed by atoms with Crippen LogP contribution in [0.1, 0.15) is 25.5 Å². The quantitative estimate of drug-likeness (QED) is 0.451. The first-order valence-electron chi connectivity index (χ1n) is 8.20. The Balaban J connectivity index is 1.96. The van der Waals surface area contributed by atoms with Gasteiger partial charge in [0.2, 0.25) is 0 Å². The highest BCUT2D eigenvalue weighted by Crippen LogP contribution is 2.19. The van der Waals surface area contributed by atoms with E-state index in [1.807, 2.05) is 30.0 Å². The molecule has 0 spiro atoms. The number of hydrogen-bond acceptors (Lipinski definition) is 3. The molecule has 4 nitrogen and oxygen atoms in total. The van der Waals surface area contributed by atoms with Gasteiger partial charge in [0, 0.05) is 25.5 Å². The fourth-order valence-electron chi connectivity index (χ4n) is 2.44. The second-order valence-electron chi connectivity index (χ2n) is 5.54. The Labute approximate surface area is 143 Å². The molecule has 0 radical (unpaired) electrons. The lowest BCUT2D eigenvalue weighted by Crippen LogP contribution is -2.38. The molecule has 1 heterocycles. The van der Waals surface area contributed by atoms with Crippen LogP contribution < -0.4 is 5.32 Å². The number of hydrogen-bond donors (Lipinski definition) is 1. The molecule has 23 heavy (non-hydrogen) atoms. The summed E-state index contributed by atoms with van der Waals surface area (Å²) < 4.78 is 5.90. The van der Waals surface area contributed by atoms with Crippen LogP contribution >= 0.6 is 11.8 Å². The van der Waals surface area contributed by atoms with Crippen molar-refractivity contribution >= 4 is 28.7 Å². The van der Waals surface area contributed by atoms with Crippen LogP contribution in [-0.2, 0) is 6.54 Å². The van der Waals surface area contributed by atoms with Crippen LogP contribution in [0.3, 0.4) is 0 Å². The standard InChI is InChI=1S/C18H27N3OS/c1-4-19-18(20-11-7-8-12-23-3)21(2)14-16-13-15-9-5-6-10-17(15)22-16/h5-6,9-10,13H,4,7-8,11-12,14H2,1-3H3,(H,19,20). The molecular formula is C18H27N3OS. The maximum absolute atomic E-state index is 5.90. The zero-order valence-corrected chi connectivity index (χ0v) is 15.2. The summed E-state index contributed by atoms with van der Waals surface area (Å²) in [6.07, 6.45) is 4.50. The Morgan fingerprint density at radius 2 is 2.13 bits per heavy atom. The number of unbranched alkanes of at least 4 members (excludes halogenated alkanes) is 1. The highest BCUT2D eigenvalue weighted by molar-refractivity contribution is 7.98. The fourth-order valence-corrected chi connectivity index (χ4v) is 2.93. The minimum Gasteiger partial charge on any atom is -0.459 e. The Bertz CT molecular complexity index is 591. The van der Waals surface area contributed by atoms with E-state index in [1.165, 1.54) is 12.2 Å². The first-order chi connectivity index (χ1) is 11.2. The minimum atomic E-state index is 0.714. The van der Waals surface area contributed by atoms with E-state index in [0.717, 1.165) is 42.2 Å². The third kappa shape index (κ3) is 5.50. The molecule has 1 aromatic heterocycles. The molecule has 0 amide bonds. The van der Waals surface area contributed by atoms with E-state index in [1.54, 1.807) is 0 Å². The summed E-state index contributed by atoms with van der Waals surface area (Å²) in [6, 6.07) is 10.2. The summed E-state index contributed by atoms with van der Waals surface area (Å²) in [4.78, 5) is 6.84. The van der Waals surface area contributed by atoms with Gasteiger partial charge in [-0.25, -0.2) is 0 Å². The minimum absolute atomic E-state index is 0.714. The fraction of sp³-hybridized carbons (Fsp3) is 0.500. The van der Waals surface area contributed by atoms with E-state index in [-0.39, 0.29) is 0 Å². The van der Waals surface area contributed by atoms with Crippen LogP contribution in [0.2, 0.25) is 0 Å². The van der Waals surface area contributed by atoms with E-state index >= 15 is 0 Å². The number of nitrogens with one attached hydrogen (secondary N) is 1. The highest BCUT2D eigenvalue weighted by atomic mass is 32.2. The molecule has 1 aromatic carbocycles. The lowest BCUT2D eigenvalue weighted by molar-refractivity contribution is 0.412. The molecule has 0 aliphatic rings. The molecule has 126 valence electrons. The van der Waals surface area contributed by atoms with Crippen LogP contribution in [0.25, 0.3) is 11.0 Å². The third-order valence-electron chi connectivity index (χ3n) is 3.58. The van der Waals surface area contributed by atoms with Gasteiger partial charge in [-0.2, -0.15) is 11.8 Å². The van der Waals surface area contributed by atoms with Gasteiger partial charge in [0.25, 0.3) is 0 Å². The molecule has 2 rings (SSSR count). The molecular weight excluding hydrogens is 306 g/mol. The van der Waals surface area contributed by atoms with Gasteiger partial charge in [-0.3, -0.25) is 4.99 Å². The average molecular weight is 334 g/mol. The van der Waals surface area contributed by atoms with Gasteiger partial charge >= 0.3 is 0 Å². The Morgan fingerprint density at radius 1 is 1.30 bits per heavy atom. The molecule has 5 heteroatoms. The number of furan rings is 1. The van der Waals surface area contributed by atoms with Crippen molar-refractivity contribution in [3.63, 3.8) is 0 Å². The summed E-state index contributed by atoms with van der Waals surface area (Å²) in [5, 5.41) is 4.50. The van der Waals surface area contributed by atoms with Gasteiger partial charge < -0.3 is 14.6 Å². The van der Waals surface area contributed by atoms with E-state index in [9.17, 15) is 0 Å². The zero-order chi connectivity index (χ0) is 16.5. The number of thioether (sulfide) groups is 1. The molecule has 0 aliphatic heterocycles. The van der Waals surface area contributed by atoms with Gasteiger partial charge in [-0.15, -0.1) is 0 Å². The van der Waals surface area contributed by atoms with E-state index in [4.69, 9.17) is 9.41 Å². The molecule has 0 saturated carbocycles. The van der Waals surface area contributed by atoms with Crippen LogP contribution in [0.5, 0.6) is 0 Å². The van der Waals surface area contributed by atoms with Crippen molar-refractivity contribution in [1.29, 1.82) is 0 Å². The summed E-state index contributed by atoms with van der Waals surface area (Å²) in [7, 11) is 2.05. The normalized spacial score (nSPS) is 11.9. The highest BCUT2D eigenvalue weighted by Gasteiger charge is 2.10. The lowest BCUT2D eigenvalue weighted by atomic mass is 10.2. The smallest absolute Gasteiger partial charge is 0.194 e. The maximum Gasteiger partial charge on any atom is 0.194 e. The van der Waals surface area contributed by atoms with Crippen LogP contribution in [-0.4, -0.2) is 43.0 Å². The van der Waals surface area contributed by atoms with Crippen molar-refractivity contribution in [2.45, 2.75) is 26.3 Å². The topological polar surface area (TPSA) is 40.8 Å². The number of fused-ring (bicyclic) bond motifs is 1. The number of para-hydroxylation sites is 1. The SMILES string of the molecule is CCNC(=NCCCCSC)N(C)Cc1cc2ccccc2o1. The van der Waals surface area contributed by atoms with Gasteiger partial charge in [-0.1, -0.05) is 18.2 Å². The molecule has 0 saturated heterocycles. The van der Waals surface area contributed by atoms with Crippen molar-refractivity contribution in [2.75, 3.05) is 32.1 Å². The van der Waals surface area contributed by atoms with Crippen molar-refractivity contribution in [3.05, 3.63) is 36.1 Å². The molecule has 0 unspecified atom stereocenters. The van der Waals surface area contributed by atoms with E-state index in [2.05, 4.69) is 42.6 Å². The summed E-state index contributed by atoms with van der Waals surface area (Å²) in [5.74, 6) is 3.11. The van der Waals surface area contributed by atoms with Crippen LogP contribution in [0, 0.1) is 0 Å². The van der Waals surface area contributed by atoms with Crippen molar-refractivity contribution < 1.29 is 4.42 Å². The number of guanidine groups is 1. The van der Waals surface area contributed by atoms with Gasteiger partial charge in [-0.05, 0) is 43.9 Å². The second kappa shape index (κ2) is 9.50. The van der Waals surface area contributed by atoms with Gasteiger partial charge in [0.15, 0.2) is 5.96 Å². The summed E-state index contributed by atoms with van der Waals surface area (Å²) >= 11 is 1.89. The molecule has 1 N–H and O–H groups in total. The molecule has 0 bridgehead atoms. The van der Waals surface area contributed by atoms with E-state index in [0.29, 0.717) is 6.54 Å². The van der Waals surface area contributed by atoms with Crippen molar-refractivity contribution in [1.82, 2.24) is 10.2 Å². The first-order valence-corrected chi connectivity index (χ1v) is 9.59. The molecule has 0 aliphatic carbocycles. The largest absolute Gasteiger partial charge is 0.459 e. The monoisotopic (exact) mass is 333 g/mol. The van der Waals surface area contributed by atoms with Gasteiger partial charge in [0.1, 0.15) is 11.3 Å². The van der Waals surface area contributed by atoms with Crippen molar-refractivity contribution in [3.8, 4) is 0 Å². The lowest BCUT2D eigenvalue weighted by Gasteiger charge is -2.21. The zero-order valence-electron chi connectivity index (χ0n) is 14.3. The number of rotatable bonds is 8. The maximum atomic E-state index is 5.90. The number of benzene rings is 1. The molecule has 2 aromatic rings. The summed E-state index contributed by atoms with van der Waals surface area (Å²) in [5.41, 5.74) is 0.940.